The fourth-order valence-corrected chi connectivity index (χ4v) is 3.30. The third-order valence-electron chi connectivity index (χ3n) is 4.65. The maximum atomic E-state index is 12.7. The van der Waals surface area contributed by atoms with Gasteiger partial charge >= 0.3 is 5.97 Å². The van der Waals surface area contributed by atoms with Gasteiger partial charge in [0.1, 0.15) is 12.6 Å². The summed E-state index contributed by atoms with van der Waals surface area (Å²) in [5.41, 5.74) is 2.89. The zero-order valence-corrected chi connectivity index (χ0v) is 18.7. The zero-order valence-electron chi connectivity index (χ0n) is 17.9. The standard InChI is InChI=1S/C24H28N2O3S/c1-24(2,3)20-10-8-19(9-11-20)22(27)26-21(12-13-30-4)23(28)29-16-18-7-5-6-17(14-18)15-25/h5-11,14,21H,12-13,16H2,1-4H3,(H,26,27). The van der Waals surface area contributed by atoms with Crippen molar-refractivity contribution >= 4 is 23.6 Å². The van der Waals surface area contributed by atoms with Crippen molar-refractivity contribution in [3.8, 4) is 6.07 Å². The number of thioether (sulfide) groups is 1. The molecule has 2 rings (SSSR count). The fourth-order valence-electron chi connectivity index (χ4n) is 2.83. The molecule has 0 aromatic heterocycles. The third kappa shape index (κ3) is 6.93. The summed E-state index contributed by atoms with van der Waals surface area (Å²) in [5, 5.41) is 11.8. The lowest BCUT2D eigenvalue weighted by Gasteiger charge is -2.20. The number of hydrogen-bond acceptors (Lipinski definition) is 5. The van der Waals surface area contributed by atoms with Crippen molar-refractivity contribution in [2.45, 2.75) is 45.3 Å². The van der Waals surface area contributed by atoms with Crippen LogP contribution in [0.25, 0.3) is 0 Å². The second-order valence-electron chi connectivity index (χ2n) is 8.05. The highest BCUT2D eigenvalue weighted by Gasteiger charge is 2.23. The molecule has 0 radical (unpaired) electrons. The van der Waals surface area contributed by atoms with E-state index in [-0.39, 0.29) is 17.9 Å². The van der Waals surface area contributed by atoms with E-state index < -0.39 is 12.0 Å². The van der Waals surface area contributed by atoms with Crippen LogP contribution < -0.4 is 5.32 Å². The van der Waals surface area contributed by atoms with E-state index in [1.165, 1.54) is 0 Å². The number of nitrogens with one attached hydrogen (secondary N) is 1. The molecule has 0 spiro atoms. The molecule has 0 heterocycles. The molecule has 2 aromatic rings. The lowest BCUT2D eigenvalue weighted by atomic mass is 9.86. The van der Waals surface area contributed by atoms with E-state index in [1.54, 1.807) is 48.2 Å². The molecule has 1 atom stereocenters. The zero-order chi connectivity index (χ0) is 22.1. The lowest BCUT2D eigenvalue weighted by Crippen LogP contribution is -2.42. The van der Waals surface area contributed by atoms with Crippen molar-refractivity contribution in [1.82, 2.24) is 5.32 Å². The first kappa shape index (κ1) is 23.5. The second kappa shape index (κ2) is 10.8. The molecule has 1 N–H and O–H groups in total. The van der Waals surface area contributed by atoms with Gasteiger partial charge in [0.05, 0.1) is 11.6 Å². The van der Waals surface area contributed by atoms with Gasteiger partial charge in [0.15, 0.2) is 0 Å². The number of amides is 1. The van der Waals surface area contributed by atoms with Crippen LogP contribution in [0.5, 0.6) is 0 Å². The lowest BCUT2D eigenvalue weighted by molar-refractivity contribution is -0.147. The van der Waals surface area contributed by atoms with E-state index in [2.05, 4.69) is 32.2 Å². The molecule has 2 aromatic carbocycles. The van der Waals surface area contributed by atoms with Crippen LogP contribution in [-0.4, -0.2) is 29.9 Å². The number of benzene rings is 2. The molecule has 0 bridgehead atoms. The summed E-state index contributed by atoms with van der Waals surface area (Å²) in [6.07, 6.45) is 2.42. The molecule has 0 saturated carbocycles. The van der Waals surface area contributed by atoms with Gasteiger partial charge in [-0.3, -0.25) is 4.79 Å². The summed E-state index contributed by atoms with van der Waals surface area (Å²) in [6, 6.07) is 15.7. The molecule has 1 amide bonds. The highest BCUT2D eigenvalue weighted by Crippen LogP contribution is 2.22. The third-order valence-corrected chi connectivity index (χ3v) is 5.29. The SMILES string of the molecule is CSCCC(NC(=O)c1ccc(C(C)(C)C)cc1)C(=O)OCc1cccc(C#N)c1. The fraction of sp³-hybridized carbons (Fsp3) is 0.375. The van der Waals surface area contributed by atoms with Crippen molar-refractivity contribution in [3.05, 3.63) is 70.8 Å². The van der Waals surface area contributed by atoms with Gasteiger partial charge in [-0.15, -0.1) is 0 Å². The van der Waals surface area contributed by atoms with Crippen LogP contribution in [0, 0.1) is 11.3 Å². The molecule has 1 unspecified atom stereocenters. The van der Waals surface area contributed by atoms with Gasteiger partial charge in [0, 0.05) is 5.56 Å². The van der Waals surface area contributed by atoms with Crippen LogP contribution in [0.2, 0.25) is 0 Å². The largest absolute Gasteiger partial charge is 0.459 e. The van der Waals surface area contributed by atoms with Crippen LogP contribution in [0.4, 0.5) is 0 Å². The molecule has 158 valence electrons. The second-order valence-corrected chi connectivity index (χ2v) is 9.04. The summed E-state index contributed by atoms with van der Waals surface area (Å²) < 4.78 is 5.42. The van der Waals surface area contributed by atoms with Crippen molar-refractivity contribution in [1.29, 1.82) is 5.26 Å². The van der Waals surface area contributed by atoms with E-state index in [4.69, 9.17) is 10.00 Å². The number of rotatable bonds is 8. The number of esters is 1. The summed E-state index contributed by atoms with van der Waals surface area (Å²) >= 11 is 1.60. The molecule has 0 saturated heterocycles. The van der Waals surface area contributed by atoms with E-state index in [9.17, 15) is 9.59 Å². The number of carbonyl (C=O) groups excluding carboxylic acids is 2. The van der Waals surface area contributed by atoms with Gasteiger partial charge in [-0.05, 0) is 59.2 Å². The number of hydrogen-bond donors (Lipinski definition) is 1. The number of nitrogens with zero attached hydrogens (tertiary/aromatic N) is 1. The van der Waals surface area contributed by atoms with Gasteiger partial charge in [0.25, 0.3) is 5.91 Å². The molecule has 0 aliphatic heterocycles. The topological polar surface area (TPSA) is 79.2 Å². The van der Waals surface area contributed by atoms with Crippen molar-refractivity contribution in [2.24, 2.45) is 0 Å². The van der Waals surface area contributed by atoms with Gasteiger partial charge in [0.2, 0.25) is 0 Å². The number of ether oxygens (including phenoxy) is 1. The Morgan fingerprint density at radius 1 is 1.17 bits per heavy atom. The van der Waals surface area contributed by atoms with Crippen LogP contribution in [0.1, 0.15) is 54.2 Å². The number of carbonyl (C=O) groups is 2. The Bertz CT molecular complexity index is 911. The molecule has 6 heteroatoms. The minimum atomic E-state index is -0.730. The Balaban J connectivity index is 2.04. The van der Waals surface area contributed by atoms with Gasteiger partial charge in [-0.25, -0.2) is 4.79 Å². The average molecular weight is 425 g/mol. The first-order valence-corrected chi connectivity index (χ1v) is 11.2. The Kier molecular flexibility index (Phi) is 8.49. The summed E-state index contributed by atoms with van der Waals surface area (Å²) in [4.78, 5) is 25.3. The Morgan fingerprint density at radius 2 is 1.87 bits per heavy atom. The van der Waals surface area contributed by atoms with E-state index in [1.807, 2.05) is 18.4 Å². The minimum Gasteiger partial charge on any atom is -0.459 e. The molecule has 0 fully saturated rings. The summed E-state index contributed by atoms with van der Waals surface area (Å²) in [5.74, 6) is -0.0662. The quantitative estimate of drug-likeness (QED) is 0.633. The summed E-state index contributed by atoms with van der Waals surface area (Å²) in [7, 11) is 0. The maximum Gasteiger partial charge on any atom is 0.329 e. The van der Waals surface area contributed by atoms with E-state index >= 15 is 0 Å². The predicted molar refractivity (Wildman–Crippen MR) is 120 cm³/mol. The average Bonchev–Trinajstić information content (AvgIpc) is 2.74. The molecule has 5 nitrogen and oxygen atoms in total. The molecule has 0 aliphatic carbocycles. The van der Waals surface area contributed by atoms with Gasteiger partial charge in [-0.1, -0.05) is 45.0 Å². The van der Waals surface area contributed by atoms with Crippen molar-refractivity contribution in [3.63, 3.8) is 0 Å². The highest BCUT2D eigenvalue weighted by molar-refractivity contribution is 7.98. The Morgan fingerprint density at radius 3 is 2.47 bits per heavy atom. The molecular formula is C24H28N2O3S. The first-order valence-electron chi connectivity index (χ1n) is 9.80. The van der Waals surface area contributed by atoms with Crippen LogP contribution in [-0.2, 0) is 21.6 Å². The Labute approximate surface area is 182 Å². The van der Waals surface area contributed by atoms with E-state index in [0.29, 0.717) is 23.3 Å². The number of nitriles is 1. The molecule has 30 heavy (non-hydrogen) atoms. The van der Waals surface area contributed by atoms with Crippen LogP contribution >= 0.6 is 11.8 Å². The maximum absolute atomic E-state index is 12.7. The predicted octanol–water partition coefficient (Wildman–Crippen LogP) is 4.45. The highest BCUT2D eigenvalue weighted by atomic mass is 32.2. The van der Waals surface area contributed by atoms with E-state index in [0.717, 1.165) is 11.1 Å². The monoisotopic (exact) mass is 424 g/mol. The first-order chi connectivity index (χ1) is 14.2. The van der Waals surface area contributed by atoms with Crippen molar-refractivity contribution in [2.75, 3.05) is 12.0 Å². The van der Waals surface area contributed by atoms with Crippen LogP contribution in [0.3, 0.4) is 0 Å². The van der Waals surface area contributed by atoms with Gasteiger partial charge < -0.3 is 10.1 Å². The Hall–Kier alpha value is -2.78. The van der Waals surface area contributed by atoms with Crippen LogP contribution in [0.15, 0.2) is 48.5 Å². The van der Waals surface area contributed by atoms with Gasteiger partial charge in [-0.2, -0.15) is 17.0 Å². The minimum absolute atomic E-state index is 0.00253. The normalized spacial score (nSPS) is 12.0. The smallest absolute Gasteiger partial charge is 0.329 e. The molecular weight excluding hydrogens is 396 g/mol. The molecule has 0 aliphatic rings. The van der Waals surface area contributed by atoms with Crippen molar-refractivity contribution < 1.29 is 14.3 Å². The summed E-state index contributed by atoms with van der Waals surface area (Å²) in [6.45, 7) is 6.40.